The maximum atomic E-state index is 11.4. The third kappa shape index (κ3) is 7.50. The predicted molar refractivity (Wildman–Crippen MR) is 137 cm³/mol. The van der Waals surface area contributed by atoms with E-state index in [1.165, 1.54) is 12.1 Å². The van der Waals surface area contributed by atoms with Crippen molar-refractivity contribution in [3.63, 3.8) is 0 Å². The van der Waals surface area contributed by atoms with E-state index in [4.69, 9.17) is 49.4 Å². The van der Waals surface area contributed by atoms with Crippen molar-refractivity contribution in [3.8, 4) is 11.5 Å². The fourth-order valence-electron chi connectivity index (χ4n) is 3.19. The van der Waals surface area contributed by atoms with Gasteiger partial charge in [-0.3, -0.25) is 0 Å². The molecule has 3 rings (SSSR count). The molecule has 3 N–H and O–H groups in total. The van der Waals surface area contributed by atoms with Crippen molar-refractivity contribution in [3.05, 3.63) is 86.4 Å². The molecular weight excluding hydrogens is 519 g/mol. The van der Waals surface area contributed by atoms with Crippen LogP contribution in [0.15, 0.2) is 59.5 Å². The van der Waals surface area contributed by atoms with Crippen LogP contribution in [-0.2, 0) is 29.6 Å². The summed E-state index contributed by atoms with van der Waals surface area (Å²) in [5, 5.41) is 9.98. The smallest absolute Gasteiger partial charge is 0.238 e. The van der Waals surface area contributed by atoms with Crippen LogP contribution in [0.3, 0.4) is 0 Å². The summed E-state index contributed by atoms with van der Waals surface area (Å²) >= 11 is 18.5. The van der Waals surface area contributed by atoms with Gasteiger partial charge in [-0.05, 0) is 66.9 Å². The topological polar surface area (TPSA) is 90.6 Å². The highest BCUT2D eigenvalue weighted by atomic mass is 35.5. The van der Waals surface area contributed by atoms with Crippen LogP contribution in [0.25, 0.3) is 0 Å². The first-order valence-electron chi connectivity index (χ1n) is 10.5. The fraction of sp³-hybridized carbons (Fsp3) is 0.250. The maximum absolute atomic E-state index is 11.4. The molecule has 0 aliphatic carbocycles. The molecule has 6 nitrogen and oxygen atoms in total. The second-order valence-electron chi connectivity index (χ2n) is 7.48. The minimum Gasteiger partial charge on any atom is -0.490 e. The molecular formula is C24H25Cl3N2O4S. The Morgan fingerprint density at radius 3 is 2.18 bits per heavy atom. The quantitative estimate of drug-likeness (QED) is 0.307. The third-order valence-corrected chi connectivity index (χ3v) is 6.97. The van der Waals surface area contributed by atoms with Crippen molar-refractivity contribution in [1.29, 1.82) is 0 Å². The van der Waals surface area contributed by atoms with E-state index in [0.717, 1.165) is 16.7 Å². The molecule has 182 valence electrons. The zero-order chi connectivity index (χ0) is 24.7. The molecule has 3 aromatic carbocycles. The lowest BCUT2D eigenvalue weighted by Gasteiger charge is -2.15. The number of benzene rings is 3. The van der Waals surface area contributed by atoms with Gasteiger partial charge < -0.3 is 14.8 Å². The van der Waals surface area contributed by atoms with E-state index in [9.17, 15) is 8.42 Å². The number of halogens is 3. The third-order valence-electron chi connectivity index (χ3n) is 4.95. The molecule has 0 saturated heterocycles. The highest BCUT2D eigenvalue weighted by Gasteiger charge is 2.12. The van der Waals surface area contributed by atoms with Crippen molar-refractivity contribution < 1.29 is 17.9 Å². The van der Waals surface area contributed by atoms with Crippen LogP contribution in [0.5, 0.6) is 11.5 Å². The maximum Gasteiger partial charge on any atom is 0.238 e. The van der Waals surface area contributed by atoms with Gasteiger partial charge in [-0.1, -0.05) is 53.0 Å². The number of rotatable bonds is 11. The second-order valence-corrected chi connectivity index (χ2v) is 10.3. The largest absolute Gasteiger partial charge is 0.490 e. The van der Waals surface area contributed by atoms with E-state index in [2.05, 4.69) is 5.32 Å². The Bertz CT molecular complexity index is 1240. The minimum atomic E-state index is -3.69. The monoisotopic (exact) mass is 542 g/mol. The van der Waals surface area contributed by atoms with Crippen LogP contribution in [0.1, 0.15) is 23.6 Å². The molecule has 0 unspecified atom stereocenters. The highest BCUT2D eigenvalue weighted by Crippen LogP contribution is 2.34. The van der Waals surface area contributed by atoms with Gasteiger partial charge in [-0.25, -0.2) is 13.6 Å². The van der Waals surface area contributed by atoms with E-state index in [0.29, 0.717) is 52.7 Å². The lowest BCUT2D eigenvalue weighted by molar-refractivity contribution is 0.269. The van der Waals surface area contributed by atoms with Crippen LogP contribution < -0.4 is 19.9 Å². The number of ether oxygens (including phenoxy) is 2. The number of nitrogens with two attached hydrogens (primary N) is 1. The van der Waals surface area contributed by atoms with Gasteiger partial charge in [-0.2, -0.15) is 0 Å². The Balaban J connectivity index is 1.60. The van der Waals surface area contributed by atoms with Gasteiger partial charge >= 0.3 is 0 Å². The lowest BCUT2D eigenvalue weighted by atomic mass is 10.1. The molecule has 34 heavy (non-hydrogen) atoms. The number of sulfonamides is 1. The van der Waals surface area contributed by atoms with E-state index in [1.807, 2.05) is 19.1 Å². The summed E-state index contributed by atoms with van der Waals surface area (Å²) in [5.74, 6) is 1.14. The Morgan fingerprint density at radius 1 is 0.853 bits per heavy atom. The summed E-state index contributed by atoms with van der Waals surface area (Å²) < 4.78 is 34.4. The Morgan fingerprint density at radius 2 is 1.53 bits per heavy atom. The van der Waals surface area contributed by atoms with E-state index in [1.54, 1.807) is 30.3 Å². The zero-order valence-corrected chi connectivity index (χ0v) is 21.6. The molecule has 0 bridgehead atoms. The van der Waals surface area contributed by atoms with Crippen LogP contribution in [0, 0.1) is 0 Å². The van der Waals surface area contributed by atoms with Crippen molar-refractivity contribution in [2.24, 2.45) is 5.14 Å². The molecule has 0 spiro atoms. The minimum absolute atomic E-state index is 0.0981. The van der Waals surface area contributed by atoms with Crippen LogP contribution in [0.4, 0.5) is 0 Å². The number of hydrogen-bond acceptors (Lipinski definition) is 5. The van der Waals surface area contributed by atoms with Gasteiger partial charge in [0.2, 0.25) is 10.0 Å². The Kier molecular flexibility index (Phi) is 9.47. The van der Waals surface area contributed by atoms with Crippen molar-refractivity contribution >= 4 is 44.8 Å². The summed E-state index contributed by atoms with van der Waals surface area (Å²) in [5.41, 5.74) is 2.74. The number of hydrogen-bond donors (Lipinski definition) is 2. The lowest BCUT2D eigenvalue weighted by Crippen LogP contribution is -2.17. The molecule has 0 fully saturated rings. The summed E-state index contributed by atoms with van der Waals surface area (Å²) in [7, 11) is -3.69. The molecule has 0 saturated carbocycles. The van der Waals surface area contributed by atoms with Crippen LogP contribution in [-0.4, -0.2) is 21.6 Å². The summed E-state index contributed by atoms with van der Waals surface area (Å²) in [6, 6.07) is 15.4. The molecule has 0 amide bonds. The predicted octanol–water partition coefficient (Wildman–Crippen LogP) is 5.60. The average molecular weight is 544 g/mol. The summed E-state index contributed by atoms with van der Waals surface area (Å²) in [4.78, 5) is 0.0981. The molecule has 0 aliphatic heterocycles. The second kappa shape index (κ2) is 12.1. The summed E-state index contributed by atoms with van der Waals surface area (Å²) in [6.45, 7) is 3.86. The van der Waals surface area contributed by atoms with Crippen molar-refractivity contribution in [2.75, 3.05) is 13.2 Å². The van der Waals surface area contributed by atoms with E-state index < -0.39 is 10.0 Å². The summed E-state index contributed by atoms with van der Waals surface area (Å²) in [6.07, 6.45) is 0.714. The standard InChI is InChI=1S/C24H25Cl3N2O4S/c1-2-32-23-12-18(14-29-10-9-16-3-6-19(7-4-16)34(28,30)31)21(26)13-24(23)33-15-17-5-8-20(25)22(27)11-17/h3-8,11-13,29H,2,9-10,14-15H2,1H3,(H2,28,30,31). The van der Waals surface area contributed by atoms with Gasteiger partial charge in [0, 0.05) is 17.6 Å². The van der Waals surface area contributed by atoms with Gasteiger partial charge in [-0.15, -0.1) is 0 Å². The molecule has 3 aromatic rings. The molecule has 0 heterocycles. The van der Waals surface area contributed by atoms with Gasteiger partial charge in [0.15, 0.2) is 11.5 Å². The Hall–Kier alpha value is -2.00. The van der Waals surface area contributed by atoms with Gasteiger partial charge in [0.05, 0.1) is 21.5 Å². The first kappa shape index (κ1) is 26.6. The van der Waals surface area contributed by atoms with Gasteiger partial charge in [0.25, 0.3) is 0 Å². The number of primary sulfonamides is 1. The Labute approximate surface area is 215 Å². The van der Waals surface area contributed by atoms with Crippen molar-refractivity contribution in [2.45, 2.75) is 31.4 Å². The molecule has 10 heteroatoms. The molecule has 0 aromatic heterocycles. The van der Waals surface area contributed by atoms with E-state index >= 15 is 0 Å². The van der Waals surface area contributed by atoms with Crippen molar-refractivity contribution in [1.82, 2.24) is 5.32 Å². The average Bonchev–Trinajstić information content (AvgIpc) is 2.79. The molecule has 0 radical (unpaired) electrons. The fourth-order valence-corrected chi connectivity index (χ4v) is 4.24. The first-order valence-corrected chi connectivity index (χ1v) is 13.2. The molecule has 0 atom stereocenters. The first-order chi connectivity index (χ1) is 16.2. The van der Waals surface area contributed by atoms with E-state index in [-0.39, 0.29) is 11.5 Å². The van der Waals surface area contributed by atoms with Crippen LogP contribution in [0.2, 0.25) is 15.1 Å². The number of nitrogens with one attached hydrogen (secondary N) is 1. The normalized spacial score (nSPS) is 11.4. The SMILES string of the molecule is CCOc1cc(CNCCc2ccc(S(N)(=O)=O)cc2)c(Cl)cc1OCc1ccc(Cl)c(Cl)c1. The van der Waals surface area contributed by atoms with Crippen LogP contribution >= 0.6 is 34.8 Å². The van der Waals surface area contributed by atoms with Gasteiger partial charge in [0.1, 0.15) is 6.61 Å². The molecule has 0 aliphatic rings. The highest BCUT2D eigenvalue weighted by molar-refractivity contribution is 7.89. The zero-order valence-electron chi connectivity index (χ0n) is 18.5.